The molecule has 1 atom stereocenters. The van der Waals surface area contributed by atoms with Crippen LogP contribution in [0, 0.1) is 0 Å². The number of halogens is 4. The van der Waals surface area contributed by atoms with E-state index in [2.05, 4.69) is 24.7 Å². The van der Waals surface area contributed by atoms with Crippen LogP contribution in [0.2, 0.25) is 0 Å². The van der Waals surface area contributed by atoms with E-state index in [1.165, 1.54) is 16.4 Å². The highest BCUT2D eigenvalue weighted by atomic mass is 32.2. The van der Waals surface area contributed by atoms with Crippen molar-refractivity contribution in [2.75, 3.05) is 75.8 Å². The number of rotatable bonds is 11. The van der Waals surface area contributed by atoms with Gasteiger partial charge in [0.25, 0.3) is 0 Å². The molecule has 1 N–H and O–H groups in total. The molecule has 5 heterocycles. The fourth-order valence-corrected chi connectivity index (χ4v) is 8.64. The summed E-state index contributed by atoms with van der Waals surface area (Å²) in [5.41, 5.74) is 1.52. The molecule has 0 saturated carbocycles. The van der Waals surface area contributed by atoms with Gasteiger partial charge in [0, 0.05) is 112 Å². The van der Waals surface area contributed by atoms with Gasteiger partial charge in [0.15, 0.2) is 0 Å². The van der Waals surface area contributed by atoms with Gasteiger partial charge in [0.2, 0.25) is 10.0 Å². The lowest BCUT2D eigenvalue weighted by atomic mass is 10.0. The summed E-state index contributed by atoms with van der Waals surface area (Å²) in [5, 5.41) is 16.0. The lowest BCUT2D eigenvalue weighted by Crippen LogP contribution is -2.49. The molecule has 3 aromatic rings. The summed E-state index contributed by atoms with van der Waals surface area (Å²) in [5.74, 6) is 1.21. The maximum absolute atomic E-state index is 14.1. The minimum absolute atomic E-state index is 0.0396. The molecule has 0 radical (unpaired) electrons. The van der Waals surface area contributed by atoms with E-state index < -0.39 is 34.0 Å². The number of sulfonamides is 1. The maximum Gasteiger partial charge on any atom is 0.417 e. The highest BCUT2D eigenvalue weighted by molar-refractivity contribution is 7.99. The van der Waals surface area contributed by atoms with Crippen LogP contribution in [0.4, 0.5) is 23.4 Å². The number of β-amino-alcohol motifs (C(OH)–C–C–N with tert-alkyl or cyclic N) is 1. The quantitative estimate of drug-likeness (QED) is 0.233. The number of likely N-dealkylation sites (tertiary alicyclic amines) is 1. The standard InChI is InChI=1S/C32H42F4N8O3S2/c1-49(46,47)43-11-6-28-26(22-43)31(39-44(28)21-25(45)20-41-12-14-42(15-13-41)30-19-37-7-8-38-30)23-2-3-27(32(34,35)36)29(18-23)48-17-16-40-9-4-24(33)5-10-40/h2-3,7-8,18-19,24-25,45H,4-6,9-17,20-22H2,1H3/t25-/m1/s1. The van der Waals surface area contributed by atoms with Crippen molar-refractivity contribution in [2.45, 2.75) is 55.7 Å². The largest absolute Gasteiger partial charge is 0.417 e. The molecule has 0 amide bonds. The Kier molecular flexibility index (Phi) is 11.2. The SMILES string of the molecule is CS(=O)(=O)N1CCc2c(c(-c3ccc(C(F)(F)F)c(SCCN4CCC(F)CC4)c3)nn2C[C@H](O)CN2CCN(c3cnccn3)CC2)C1. The molecule has 2 fully saturated rings. The number of piperazine rings is 1. The summed E-state index contributed by atoms with van der Waals surface area (Å²) in [6, 6.07) is 3.93. The van der Waals surface area contributed by atoms with Crippen LogP contribution in [0.3, 0.4) is 0 Å². The third kappa shape index (κ3) is 8.92. The smallest absolute Gasteiger partial charge is 0.390 e. The summed E-state index contributed by atoms with van der Waals surface area (Å²) in [6.45, 7) is 5.46. The second kappa shape index (κ2) is 15.2. The Balaban J connectivity index is 1.21. The third-order valence-electron chi connectivity index (χ3n) is 9.41. The molecule has 0 bridgehead atoms. The van der Waals surface area contributed by atoms with Crippen molar-refractivity contribution in [2.24, 2.45) is 0 Å². The van der Waals surface area contributed by atoms with E-state index in [1.807, 2.05) is 0 Å². The first-order valence-corrected chi connectivity index (χ1v) is 19.3. The first-order valence-electron chi connectivity index (χ1n) is 16.5. The number of fused-ring (bicyclic) bond motifs is 1. The average Bonchev–Trinajstić information content (AvgIpc) is 3.43. The molecule has 1 aromatic carbocycles. The number of piperidine rings is 1. The van der Waals surface area contributed by atoms with Crippen molar-refractivity contribution in [3.05, 3.63) is 53.6 Å². The zero-order chi connectivity index (χ0) is 34.8. The predicted molar refractivity (Wildman–Crippen MR) is 180 cm³/mol. The van der Waals surface area contributed by atoms with E-state index in [4.69, 9.17) is 5.10 Å². The van der Waals surface area contributed by atoms with E-state index in [9.17, 15) is 31.1 Å². The average molecular weight is 727 g/mol. The van der Waals surface area contributed by atoms with Crippen LogP contribution < -0.4 is 4.90 Å². The lowest BCUT2D eigenvalue weighted by Gasteiger charge is -2.36. The van der Waals surface area contributed by atoms with Gasteiger partial charge >= 0.3 is 6.18 Å². The molecule has 6 rings (SSSR count). The topological polar surface area (TPSA) is 111 Å². The summed E-state index contributed by atoms with van der Waals surface area (Å²) in [7, 11) is -3.54. The minimum Gasteiger partial charge on any atom is -0.390 e. The van der Waals surface area contributed by atoms with Gasteiger partial charge in [-0.05, 0) is 25.0 Å². The Morgan fingerprint density at radius 1 is 1.02 bits per heavy atom. The van der Waals surface area contributed by atoms with Crippen LogP contribution in [-0.4, -0.2) is 131 Å². The van der Waals surface area contributed by atoms with Crippen molar-refractivity contribution in [3.63, 3.8) is 0 Å². The molecule has 17 heteroatoms. The van der Waals surface area contributed by atoms with Crippen molar-refractivity contribution in [3.8, 4) is 11.3 Å². The van der Waals surface area contributed by atoms with Gasteiger partial charge < -0.3 is 14.9 Å². The van der Waals surface area contributed by atoms with Gasteiger partial charge in [0.05, 0.1) is 36.4 Å². The van der Waals surface area contributed by atoms with Gasteiger partial charge in [-0.1, -0.05) is 6.07 Å². The molecule has 2 saturated heterocycles. The highest BCUT2D eigenvalue weighted by Crippen LogP contribution is 2.40. The molecule has 268 valence electrons. The van der Waals surface area contributed by atoms with Crippen molar-refractivity contribution >= 4 is 27.6 Å². The number of nitrogens with zero attached hydrogens (tertiary/aromatic N) is 8. The summed E-state index contributed by atoms with van der Waals surface area (Å²) < 4.78 is 84.0. The van der Waals surface area contributed by atoms with Gasteiger partial charge in [0.1, 0.15) is 12.0 Å². The normalized spacial score (nSPS) is 19.7. The number of hydrogen-bond acceptors (Lipinski definition) is 10. The second-order valence-corrected chi connectivity index (χ2v) is 16.0. The Labute approximate surface area is 288 Å². The monoisotopic (exact) mass is 726 g/mol. The molecule has 49 heavy (non-hydrogen) atoms. The fraction of sp³-hybridized carbons (Fsp3) is 0.594. The number of hydrogen-bond donors (Lipinski definition) is 1. The number of thioether (sulfide) groups is 1. The Morgan fingerprint density at radius 3 is 2.45 bits per heavy atom. The van der Waals surface area contributed by atoms with E-state index in [1.54, 1.807) is 23.3 Å². The van der Waals surface area contributed by atoms with Crippen LogP contribution in [-0.2, 0) is 35.7 Å². The molecule has 2 aromatic heterocycles. The number of anilines is 1. The molecular weight excluding hydrogens is 685 g/mol. The highest BCUT2D eigenvalue weighted by Gasteiger charge is 2.35. The lowest BCUT2D eigenvalue weighted by molar-refractivity contribution is -0.139. The zero-order valence-electron chi connectivity index (χ0n) is 27.4. The Hall–Kier alpha value is -2.83. The minimum atomic E-state index is -4.57. The Bertz CT molecular complexity index is 1680. The molecule has 3 aliphatic heterocycles. The number of benzene rings is 1. The zero-order valence-corrected chi connectivity index (χ0v) is 29.0. The Morgan fingerprint density at radius 2 is 1.78 bits per heavy atom. The molecule has 0 spiro atoms. The molecule has 0 aliphatic carbocycles. The predicted octanol–water partition coefficient (Wildman–Crippen LogP) is 3.39. The first kappa shape index (κ1) is 36.0. The summed E-state index contributed by atoms with van der Waals surface area (Å²) in [4.78, 5) is 14.9. The molecule has 3 aliphatic rings. The van der Waals surface area contributed by atoms with Gasteiger partial charge in [-0.3, -0.25) is 14.6 Å². The van der Waals surface area contributed by atoms with Crippen LogP contribution in [0.25, 0.3) is 11.3 Å². The first-order chi connectivity index (χ1) is 23.3. The van der Waals surface area contributed by atoms with Gasteiger partial charge in [-0.25, -0.2) is 17.8 Å². The third-order valence-corrected chi connectivity index (χ3v) is 11.7. The van der Waals surface area contributed by atoms with Crippen molar-refractivity contribution in [1.29, 1.82) is 0 Å². The van der Waals surface area contributed by atoms with Gasteiger partial charge in [-0.2, -0.15) is 22.6 Å². The number of alkyl halides is 4. The molecule has 11 nitrogen and oxygen atoms in total. The number of aliphatic hydroxyl groups is 1. The summed E-state index contributed by atoms with van der Waals surface area (Å²) >= 11 is 1.10. The van der Waals surface area contributed by atoms with Crippen molar-refractivity contribution < 1.29 is 31.1 Å². The summed E-state index contributed by atoms with van der Waals surface area (Å²) in [6.07, 6.45) is 1.20. The fourth-order valence-electron chi connectivity index (χ4n) is 6.73. The van der Waals surface area contributed by atoms with E-state index in [0.717, 1.165) is 61.8 Å². The van der Waals surface area contributed by atoms with Crippen molar-refractivity contribution in [1.82, 2.24) is 33.9 Å². The van der Waals surface area contributed by atoms with E-state index in [-0.39, 0.29) is 24.5 Å². The van der Waals surface area contributed by atoms with E-state index >= 15 is 0 Å². The van der Waals surface area contributed by atoms with Crippen LogP contribution in [0.1, 0.15) is 29.7 Å². The van der Waals surface area contributed by atoms with Crippen LogP contribution >= 0.6 is 11.8 Å². The number of aromatic nitrogens is 4. The maximum atomic E-state index is 14.1. The van der Waals surface area contributed by atoms with Gasteiger partial charge in [-0.15, -0.1) is 11.8 Å². The van der Waals surface area contributed by atoms with Crippen LogP contribution in [0.5, 0.6) is 0 Å². The second-order valence-electron chi connectivity index (χ2n) is 12.9. The molecular formula is C32H42F4N8O3S2. The van der Waals surface area contributed by atoms with Crippen LogP contribution in [0.15, 0.2) is 41.7 Å². The molecule has 0 unspecified atom stereocenters. The van der Waals surface area contributed by atoms with E-state index in [0.29, 0.717) is 68.0 Å². The number of aliphatic hydroxyl groups excluding tert-OH is 1.